The summed E-state index contributed by atoms with van der Waals surface area (Å²) >= 11 is 0. The summed E-state index contributed by atoms with van der Waals surface area (Å²) in [6, 6.07) is 3.38. The molecule has 23 heavy (non-hydrogen) atoms. The van der Waals surface area contributed by atoms with Crippen LogP contribution in [-0.4, -0.2) is 60.9 Å². The van der Waals surface area contributed by atoms with Crippen molar-refractivity contribution in [1.82, 2.24) is 15.1 Å². The molecule has 2 aliphatic rings. The number of piperazine rings is 1. The number of nitrogens with one attached hydrogen (secondary N) is 1. The predicted octanol–water partition coefficient (Wildman–Crippen LogP) is 0.859. The highest BCUT2D eigenvalue weighted by Gasteiger charge is 2.31. The molecule has 0 aliphatic carbocycles. The zero-order valence-corrected chi connectivity index (χ0v) is 12.7. The monoisotopic (exact) mass is 323 g/mol. The molecule has 124 valence electrons. The molecular weight excluding hydrogens is 304 g/mol. The van der Waals surface area contributed by atoms with Crippen molar-refractivity contribution in [3.8, 4) is 0 Å². The first kappa shape index (κ1) is 15.9. The maximum absolute atomic E-state index is 13.7. The Morgan fingerprint density at radius 2 is 1.65 bits per heavy atom. The molecule has 1 N–H and O–H groups in total. The Hall–Kier alpha value is -2.02. The van der Waals surface area contributed by atoms with Crippen molar-refractivity contribution >= 4 is 11.8 Å². The number of amides is 2. The van der Waals surface area contributed by atoms with Crippen LogP contribution in [0.1, 0.15) is 16.8 Å². The summed E-state index contributed by atoms with van der Waals surface area (Å²) in [6.07, 6.45) is 0.832. The van der Waals surface area contributed by atoms with Crippen LogP contribution in [0.15, 0.2) is 18.2 Å². The highest BCUT2D eigenvalue weighted by molar-refractivity contribution is 5.95. The molecule has 1 aromatic rings. The largest absolute Gasteiger partial charge is 0.339 e. The molecule has 7 heteroatoms. The molecule has 2 saturated heterocycles. The van der Waals surface area contributed by atoms with Gasteiger partial charge in [0.05, 0.1) is 5.92 Å². The lowest BCUT2D eigenvalue weighted by atomic mass is 10.1. The summed E-state index contributed by atoms with van der Waals surface area (Å²) < 4.78 is 27.4. The molecule has 2 fully saturated rings. The van der Waals surface area contributed by atoms with Crippen molar-refractivity contribution < 1.29 is 18.4 Å². The summed E-state index contributed by atoms with van der Waals surface area (Å²) in [5.41, 5.74) is -0.521. The highest BCUT2D eigenvalue weighted by atomic mass is 19.1. The minimum absolute atomic E-state index is 0.00117. The minimum Gasteiger partial charge on any atom is -0.339 e. The van der Waals surface area contributed by atoms with Gasteiger partial charge in [0.15, 0.2) is 0 Å². The van der Waals surface area contributed by atoms with Crippen LogP contribution in [0.3, 0.4) is 0 Å². The first-order chi connectivity index (χ1) is 11.1. The van der Waals surface area contributed by atoms with Gasteiger partial charge in [-0.25, -0.2) is 8.78 Å². The molecular formula is C16H19F2N3O2. The molecule has 1 atom stereocenters. The second-order valence-corrected chi connectivity index (χ2v) is 5.90. The number of halogens is 2. The van der Waals surface area contributed by atoms with Gasteiger partial charge < -0.3 is 15.1 Å². The quantitative estimate of drug-likeness (QED) is 0.878. The van der Waals surface area contributed by atoms with Crippen molar-refractivity contribution in [3.63, 3.8) is 0 Å². The SMILES string of the molecule is O=C(c1c(F)cccc1F)N1CCN(C(=O)C2CCNC2)CC1. The molecule has 0 saturated carbocycles. The lowest BCUT2D eigenvalue weighted by molar-refractivity contribution is -0.136. The fraction of sp³-hybridized carbons (Fsp3) is 0.500. The van der Waals surface area contributed by atoms with Gasteiger partial charge in [-0.3, -0.25) is 9.59 Å². The van der Waals surface area contributed by atoms with Crippen LogP contribution >= 0.6 is 0 Å². The van der Waals surface area contributed by atoms with Crippen LogP contribution in [-0.2, 0) is 4.79 Å². The second kappa shape index (κ2) is 6.62. The van der Waals surface area contributed by atoms with Gasteiger partial charge >= 0.3 is 0 Å². The van der Waals surface area contributed by atoms with E-state index in [1.165, 1.54) is 11.0 Å². The molecule has 0 radical (unpaired) electrons. The van der Waals surface area contributed by atoms with Gasteiger partial charge in [-0.2, -0.15) is 0 Å². The smallest absolute Gasteiger partial charge is 0.259 e. The van der Waals surface area contributed by atoms with Gasteiger partial charge in [0.1, 0.15) is 17.2 Å². The van der Waals surface area contributed by atoms with Gasteiger partial charge in [-0.1, -0.05) is 6.07 Å². The number of carbonyl (C=O) groups excluding carboxylic acids is 2. The molecule has 0 spiro atoms. The van der Waals surface area contributed by atoms with E-state index in [1.54, 1.807) is 4.90 Å². The number of nitrogens with zero attached hydrogens (tertiary/aromatic N) is 2. The Balaban J connectivity index is 1.62. The molecule has 2 amide bonds. The van der Waals surface area contributed by atoms with Crippen LogP contribution in [0.5, 0.6) is 0 Å². The Labute approximate surface area is 133 Å². The lowest BCUT2D eigenvalue weighted by Gasteiger charge is -2.36. The van der Waals surface area contributed by atoms with Crippen molar-refractivity contribution in [2.75, 3.05) is 39.3 Å². The molecule has 1 unspecified atom stereocenters. The van der Waals surface area contributed by atoms with Crippen LogP contribution in [0.25, 0.3) is 0 Å². The standard InChI is InChI=1S/C16H19F2N3O2/c17-12-2-1-3-13(18)14(12)16(23)21-8-6-20(7-9-21)15(22)11-4-5-19-10-11/h1-3,11,19H,4-10H2. The fourth-order valence-corrected chi connectivity index (χ4v) is 3.11. The van der Waals surface area contributed by atoms with E-state index in [-0.39, 0.29) is 11.8 Å². The molecule has 2 aliphatic heterocycles. The summed E-state index contributed by atoms with van der Waals surface area (Å²) in [5, 5.41) is 3.16. The van der Waals surface area contributed by atoms with Crippen molar-refractivity contribution in [2.45, 2.75) is 6.42 Å². The molecule has 0 aromatic heterocycles. The third-order valence-corrected chi connectivity index (χ3v) is 4.46. The molecule has 1 aromatic carbocycles. The third kappa shape index (κ3) is 3.19. The Bertz CT molecular complexity index is 589. The highest BCUT2D eigenvalue weighted by Crippen LogP contribution is 2.18. The zero-order valence-electron chi connectivity index (χ0n) is 12.7. The van der Waals surface area contributed by atoms with Gasteiger partial charge in [-0.05, 0) is 25.1 Å². The predicted molar refractivity (Wildman–Crippen MR) is 79.8 cm³/mol. The van der Waals surface area contributed by atoms with E-state index in [4.69, 9.17) is 0 Å². The topological polar surface area (TPSA) is 52.7 Å². The summed E-state index contributed by atoms with van der Waals surface area (Å²) in [6.45, 7) is 2.92. The maximum atomic E-state index is 13.7. The van der Waals surface area contributed by atoms with E-state index in [9.17, 15) is 18.4 Å². The number of hydrogen-bond donors (Lipinski definition) is 1. The number of carbonyl (C=O) groups is 2. The third-order valence-electron chi connectivity index (χ3n) is 4.46. The van der Waals surface area contributed by atoms with Crippen molar-refractivity contribution in [2.24, 2.45) is 5.92 Å². The van der Waals surface area contributed by atoms with Crippen LogP contribution in [0.2, 0.25) is 0 Å². The van der Waals surface area contributed by atoms with E-state index in [0.29, 0.717) is 32.7 Å². The van der Waals surface area contributed by atoms with Gasteiger partial charge in [-0.15, -0.1) is 0 Å². The second-order valence-electron chi connectivity index (χ2n) is 5.90. The Morgan fingerprint density at radius 3 is 2.22 bits per heavy atom. The average molecular weight is 323 g/mol. The number of hydrogen-bond acceptors (Lipinski definition) is 3. The van der Waals surface area contributed by atoms with Crippen molar-refractivity contribution in [1.29, 1.82) is 0 Å². The first-order valence-electron chi connectivity index (χ1n) is 7.80. The Kier molecular flexibility index (Phi) is 4.56. The number of rotatable bonds is 2. The van der Waals surface area contributed by atoms with E-state index >= 15 is 0 Å². The summed E-state index contributed by atoms with van der Waals surface area (Å²) in [7, 11) is 0. The van der Waals surface area contributed by atoms with E-state index in [0.717, 1.165) is 25.1 Å². The fourth-order valence-electron chi connectivity index (χ4n) is 3.11. The molecule has 0 bridgehead atoms. The lowest BCUT2D eigenvalue weighted by Crippen LogP contribution is -2.52. The number of benzene rings is 1. The molecule has 5 nitrogen and oxygen atoms in total. The molecule has 3 rings (SSSR count). The van der Waals surface area contributed by atoms with E-state index in [2.05, 4.69) is 5.32 Å². The average Bonchev–Trinajstić information content (AvgIpc) is 3.08. The summed E-state index contributed by atoms with van der Waals surface area (Å²) in [5.74, 6) is -2.27. The van der Waals surface area contributed by atoms with Gasteiger partial charge in [0, 0.05) is 32.7 Å². The first-order valence-corrected chi connectivity index (χ1v) is 7.80. The van der Waals surface area contributed by atoms with Crippen LogP contribution in [0.4, 0.5) is 8.78 Å². The van der Waals surface area contributed by atoms with Gasteiger partial charge in [0.2, 0.25) is 5.91 Å². The normalized spacial score (nSPS) is 21.6. The van der Waals surface area contributed by atoms with Crippen molar-refractivity contribution in [3.05, 3.63) is 35.4 Å². The minimum atomic E-state index is -0.856. The van der Waals surface area contributed by atoms with E-state index < -0.39 is 23.1 Å². The molecule has 2 heterocycles. The zero-order chi connectivity index (χ0) is 16.4. The van der Waals surface area contributed by atoms with E-state index in [1.807, 2.05) is 0 Å². The van der Waals surface area contributed by atoms with Crippen LogP contribution in [0, 0.1) is 17.6 Å². The Morgan fingerprint density at radius 1 is 1.04 bits per heavy atom. The van der Waals surface area contributed by atoms with Gasteiger partial charge in [0.25, 0.3) is 5.91 Å². The van der Waals surface area contributed by atoms with Crippen LogP contribution < -0.4 is 5.32 Å². The summed E-state index contributed by atoms with van der Waals surface area (Å²) in [4.78, 5) is 27.8. The maximum Gasteiger partial charge on any atom is 0.259 e.